The fraction of sp³-hybridized carbons (Fsp3) is 0. The molecule has 0 aliphatic rings. The van der Waals surface area contributed by atoms with Gasteiger partial charge >= 0.3 is 6.01 Å². The van der Waals surface area contributed by atoms with E-state index >= 15 is 0 Å². The highest BCUT2D eigenvalue weighted by molar-refractivity contribution is 6.34. The Morgan fingerprint density at radius 1 is 1.29 bits per heavy atom. The monoisotopic (exact) mass is 345 g/mol. The lowest BCUT2D eigenvalue weighted by atomic mass is 10.2. The van der Waals surface area contributed by atoms with E-state index in [2.05, 4.69) is 20.5 Å². The Morgan fingerprint density at radius 2 is 2.12 bits per heavy atom. The third-order valence-electron chi connectivity index (χ3n) is 2.96. The molecule has 0 fully saturated rings. The van der Waals surface area contributed by atoms with Crippen molar-refractivity contribution in [1.29, 1.82) is 0 Å². The Hall–Kier alpha value is -3.33. The number of pyridine rings is 1. The maximum Gasteiger partial charge on any atom is 0.322 e. The van der Waals surface area contributed by atoms with E-state index in [1.54, 1.807) is 18.3 Å². The molecule has 1 N–H and O–H groups in total. The lowest BCUT2D eigenvalue weighted by Crippen LogP contribution is -2.13. The molecule has 0 spiro atoms. The molecule has 0 atom stereocenters. The van der Waals surface area contributed by atoms with Crippen LogP contribution >= 0.6 is 11.6 Å². The molecule has 3 aromatic rings. The summed E-state index contributed by atoms with van der Waals surface area (Å²) in [5.74, 6) is -0.534. The molecule has 2 aromatic heterocycles. The van der Waals surface area contributed by atoms with Crippen molar-refractivity contribution < 1.29 is 14.1 Å². The van der Waals surface area contributed by atoms with Gasteiger partial charge in [0.25, 0.3) is 17.5 Å². The largest absolute Gasteiger partial charge is 0.403 e. The number of hydrogen-bond acceptors (Lipinski definition) is 7. The van der Waals surface area contributed by atoms with Gasteiger partial charge < -0.3 is 4.42 Å². The first-order valence-electron chi connectivity index (χ1n) is 6.54. The molecular formula is C14H8ClN5O4. The van der Waals surface area contributed by atoms with Gasteiger partial charge in [-0.15, -0.1) is 5.10 Å². The van der Waals surface area contributed by atoms with Crippen molar-refractivity contribution in [2.45, 2.75) is 0 Å². The molecule has 24 heavy (non-hydrogen) atoms. The Morgan fingerprint density at radius 3 is 2.83 bits per heavy atom. The highest BCUT2D eigenvalue weighted by atomic mass is 35.5. The molecule has 0 aliphatic carbocycles. The van der Waals surface area contributed by atoms with Crippen LogP contribution in [0.3, 0.4) is 0 Å². The number of nitrogens with zero attached hydrogens (tertiary/aromatic N) is 4. The van der Waals surface area contributed by atoms with Crippen LogP contribution in [-0.4, -0.2) is 26.0 Å². The van der Waals surface area contributed by atoms with Crippen LogP contribution in [0.15, 0.2) is 47.1 Å². The minimum Gasteiger partial charge on any atom is -0.403 e. The number of nitro groups is 1. The molecule has 0 bridgehead atoms. The molecule has 0 unspecified atom stereocenters. The molecule has 1 aromatic carbocycles. The average molecular weight is 346 g/mol. The zero-order valence-corrected chi connectivity index (χ0v) is 12.6. The Bertz CT molecular complexity index is 913. The van der Waals surface area contributed by atoms with Crippen molar-refractivity contribution in [3.63, 3.8) is 0 Å². The number of anilines is 1. The summed E-state index contributed by atoms with van der Waals surface area (Å²) in [4.78, 5) is 26.3. The minimum atomic E-state index is -0.704. The quantitative estimate of drug-likeness (QED) is 0.569. The SMILES string of the molecule is O=C(Nc1nnc(-c2cccnc2)o1)c1cc([N+](=O)[O-])ccc1Cl. The van der Waals surface area contributed by atoms with Crippen LogP contribution in [0.5, 0.6) is 0 Å². The number of amides is 1. The number of rotatable bonds is 4. The van der Waals surface area contributed by atoms with Gasteiger partial charge in [-0.05, 0) is 18.2 Å². The maximum absolute atomic E-state index is 12.2. The normalized spacial score (nSPS) is 10.4. The van der Waals surface area contributed by atoms with E-state index in [-0.39, 0.29) is 28.2 Å². The molecule has 0 saturated carbocycles. The van der Waals surface area contributed by atoms with E-state index in [0.717, 1.165) is 6.07 Å². The number of benzene rings is 1. The zero-order chi connectivity index (χ0) is 17.1. The first kappa shape index (κ1) is 15.6. The van der Waals surface area contributed by atoms with Gasteiger partial charge in [-0.1, -0.05) is 16.7 Å². The van der Waals surface area contributed by atoms with Crippen LogP contribution < -0.4 is 5.32 Å². The average Bonchev–Trinajstić information content (AvgIpc) is 3.04. The highest BCUT2D eigenvalue weighted by Crippen LogP contribution is 2.24. The van der Waals surface area contributed by atoms with E-state index in [1.807, 2.05) is 0 Å². The van der Waals surface area contributed by atoms with Gasteiger partial charge in [0.1, 0.15) is 0 Å². The van der Waals surface area contributed by atoms with Crippen molar-refractivity contribution in [3.05, 3.63) is 63.4 Å². The predicted molar refractivity (Wildman–Crippen MR) is 83.6 cm³/mol. The number of halogens is 1. The minimum absolute atomic E-state index is 0.0603. The summed E-state index contributed by atoms with van der Waals surface area (Å²) in [6.45, 7) is 0. The van der Waals surface area contributed by atoms with Crippen LogP contribution in [0.2, 0.25) is 5.02 Å². The number of nitro benzene ring substituents is 1. The Kier molecular flexibility index (Phi) is 4.17. The molecule has 9 nitrogen and oxygen atoms in total. The molecule has 2 heterocycles. The van der Waals surface area contributed by atoms with Gasteiger partial charge in [0.15, 0.2) is 0 Å². The molecule has 120 valence electrons. The number of non-ortho nitro benzene ring substituents is 1. The van der Waals surface area contributed by atoms with E-state index in [9.17, 15) is 14.9 Å². The van der Waals surface area contributed by atoms with Crippen LogP contribution in [-0.2, 0) is 0 Å². The summed E-state index contributed by atoms with van der Waals surface area (Å²) >= 11 is 5.90. The van der Waals surface area contributed by atoms with E-state index in [1.165, 1.54) is 18.3 Å². The van der Waals surface area contributed by atoms with Gasteiger partial charge in [0.2, 0.25) is 0 Å². The van der Waals surface area contributed by atoms with Crippen molar-refractivity contribution in [1.82, 2.24) is 15.2 Å². The molecule has 0 saturated heterocycles. The fourth-order valence-corrected chi connectivity index (χ4v) is 2.05. The van der Waals surface area contributed by atoms with Crippen LogP contribution in [0.25, 0.3) is 11.5 Å². The Labute approximate surface area is 139 Å². The molecule has 3 rings (SSSR count). The standard InChI is InChI=1S/C14H8ClN5O4/c15-11-4-3-9(20(22)23)6-10(11)12(21)17-14-19-18-13(24-14)8-2-1-5-16-7-8/h1-7H,(H,17,19,21). The van der Waals surface area contributed by atoms with Crippen molar-refractivity contribution in [2.75, 3.05) is 5.32 Å². The lowest BCUT2D eigenvalue weighted by Gasteiger charge is -2.03. The molecular weight excluding hydrogens is 338 g/mol. The van der Waals surface area contributed by atoms with Gasteiger partial charge in [0, 0.05) is 24.5 Å². The smallest absolute Gasteiger partial charge is 0.322 e. The number of aromatic nitrogens is 3. The van der Waals surface area contributed by atoms with E-state index < -0.39 is 10.8 Å². The van der Waals surface area contributed by atoms with Gasteiger partial charge in [-0.2, -0.15) is 0 Å². The van der Waals surface area contributed by atoms with Crippen LogP contribution in [0, 0.1) is 10.1 Å². The summed E-state index contributed by atoms with van der Waals surface area (Å²) < 4.78 is 5.31. The lowest BCUT2D eigenvalue weighted by molar-refractivity contribution is -0.384. The first-order valence-corrected chi connectivity index (χ1v) is 6.91. The van der Waals surface area contributed by atoms with Gasteiger partial charge in [-0.25, -0.2) is 0 Å². The van der Waals surface area contributed by atoms with Crippen LogP contribution in [0.4, 0.5) is 11.7 Å². The molecule has 10 heteroatoms. The first-order chi connectivity index (χ1) is 11.5. The summed E-state index contributed by atoms with van der Waals surface area (Å²) in [7, 11) is 0. The molecule has 0 aliphatic heterocycles. The molecule has 0 radical (unpaired) electrons. The Balaban J connectivity index is 1.82. The number of carbonyl (C=O) groups excluding carboxylic acids is 1. The second kappa shape index (κ2) is 6.42. The topological polar surface area (TPSA) is 124 Å². The zero-order valence-electron chi connectivity index (χ0n) is 11.8. The highest BCUT2D eigenvalue weighted by Gasteiger charge is 2.18. The predicted octanol–water partition coefficient (Wildman–Crippen LogP) is 2.95. The second-order valence-corrected chi connectivity index (χ2v) is 4.94. The van der Waals surface area contributed by atoms with Crippen LogP contribution in [0.1, 0.15) is 10.4 Å². The third kappa shape index (κ3) is 3.20. The number of nitrogens with one attached hydrogen (secondary N) is 1. The summed E-state index contributed by atoms with van der Waals surface area (Å²) in [5, 5.41) is 20.7. The number of carbonyl (C=O) groups is 1. The van der Waals surface area contributed by atoms with E-state index in [4.69, 9.17) is 16.0 Å². The maximum atomic E-state index is 12.2. The van der Waals surface area contributed by atoms with Gasteiger partial charge in [0.05, 0.1) is 21.1 Å². The van der Waals surface area contributed by atoms with E-state index in [0.29, 0.717) is 5.56 Å². The fourth-order valence-electron chi connectivity index (χ4n) is 1.84. The third-order valence-corrected chi connectivity index (χ3v) is 3.29. The second-order valence-electron chi connectivity index (χ2n) is 4.53. The summed E-state index contributed by atoms with van der Waals surface area (Å²) in [5.41, 5.74) is 0.247. The number of hydrogen-bond donors (Lipinski definition) is 1. The van der Waals surface area contributed by atoms with Crippen molar-refractivity contribution in [3.8, 4) is 11.5 Å². The van der Waals surface area contributed by atoms with Gasteiger partial charge in [-0.3, -0.25) is 25.2 Å². The van der Waals surface area contributed by atoms with Crippen molar-refractivity contribution in [2.24, 2.45) is 0 Å². The summed E-state index contributed by atoms with van der Waals surface area (Å²) in [6.07, 6.45) is 3.11. The molecule has 1 amide bonds. The summed E-state index contributed by atoms with van der Waals surface area (Å²) in [6, 6.07) is 6.78. The van der Waals surface area contributed by atoms with Crippen molar-refractivity contribution >= 4 is 29.2 Å².